The Bertz CT molecular complexity index is 93.7. The highest BCUT2D eigenvalue weighted by atomic mass is 16.5. The van der Waals surface area contributed by atoms with Crippen LogP contribution in [0.2, 0.25) is 0 Å². The van der Waals surface area contributed by atoms with E-state index in [2.05, 4.69) is 4.74 Å². The first-order valence-electron chi connectivity index (χ1n) is 3.54. The standard InChI is InChI=1S/C4H8O2.C3H9NO/c1-2-3-4(5)6;1-3(4)5-2/h2-3H2,1H3,(H,5,6);3H,4H2,1-2H3. The highest BCUT2D eigenvalue weighted by molar-refractivity contribution is 5.66. The fourth-order valence-electron chi connectivity index (χ4n) is 0.214. The van der Waals surface area contributed by atoms with Gasteiger partial charge in [-0.1, -0.05) is 6.92 Å². The van der Waals surface area contributed by atoms with Crippen molar-refractivity contribution in [3.63, 3.8) is 0 Å². The molecular weight excluding hydrogens is 146 g/mol. The number of rotatable bonds is 3. The van der Waals surface area contributed by atoms with Gasteiger partial charge in [-0.25, -0.2) is 0 Å². The molecule has 4 heteroatoms. The Morgan fingerprint density at radius 1 is 1.73 bits per heavy atom. The van der Waals surface area contributed by atoms with Gasteiger partial charge in [0.1, 0.15) is 6.23 Å². The zero-order chi connectivity index (χ0) is 9.28. The number of ether oxygens (including phenoxy) is 1. The van der Waals surface area contributed by atoms with E-state index in [-0.39, 0.29) is 6.23 Å². The van der Waals surface area contributed by atoms with Crippen molar-refractivity contribution in [1.29, 1.82) is 0 Å². The van der Waals surface area contributed by atoms with Gasteiger partial charge < -0.3 is 15.6 Å². The molecule has 0 amide bonds. The monoisotopic (exact) mass is 163 g/mol. The number of nitrogens with two attached hydrogens (primary N) is 1. The number of aliphatic carboxylic acids is 1. The summed E-state index contributed by atoms with van der Waals surface area (Å²) in [6.45, 7) is 3.62. The van der Waals surface area contributed by atoms with Crippen LogP contribution in [0.15, 0.2) is 0 Å². The number of hydrogen-bond donors (Lipinski definition) is 2. The molecule has 0 bridgehead atoms. The molecule has 0 radical (unpaired) electrons. The molecule has 0 rings (SSSR count). The summed E-state index contributed by atoms with van der Waals surface area (Å²) in [5.74, 6) is -0.711. The number of carboxylic acid groups (broad SMARTS) is 1. The fourth-order valence-corrected chi connectivity index (χ4v) is 0.214. The van der Waals surface area contributed by atoms with Crippen LogP contribution in [-0.2, 0) is 9.53 Å². The Labute approximate surface area is 67.3 Å². The van der Waals surface area contributed by atoms with Crippen LogP contribution in [0, 0.1) is 0 Å². The molecule has 1 atom stereocenters. The lowest BCUT2D eigenvalue weighted by atomic mass is 10.4. The normalized spacial score (nSPS) is 11.3. The highest BCUT2D eigenvalue weighted by Crippen LogP contribution is 1.82. The molecule has 0 aliphatic carbocycles. The quantitative estimate of drug-likeness (QED) is 0.604. The van der Waals surface area contributed by atoms with Crippen molar-refractivity contribution in [3.05, 3.63) is 0 Å². The Morgan fingerprint density at radius 2 is 2.09 bits per heavy atom. The summed E-state index contributed by atoms with van der Waals surface area (Å²) in [5.41, 5.74) is 5.07. The third-order valence-corrected chi connectivity index (χ3v) is 0.836. The average molecular weight is 163 g/mol. The van der Waals surface area contributed by atoms with Gasteiger partial charge in [-0.05, 0) is 13.3 Å². The third-order valence-electron chi connectivity index (χ3n) is 0.836. The molecule has 0 fully saturated rings. The van der Waals surface area contributed by atoms with Gasteiger partial charge in [0, 0.05) is 13.5 Å². The lowest BCUT2D eigenvalue weighted by Gasteiger charge is -1.95. The predicted octanol–water partition coefficient (Wildman–Crippen LogP) is 0.809. The maximum Gasteiger partial charge on any atom is 0.303 e. The van der Waals surface area contributed by atoms with Gasteiger partial charge in [-0.15, -0.1) is 0 Å². The minimum absolute atomic E-state index is 0.116. The van der Waals surface area contributed by atoms with Crippen LogP contribution < -0.4 is 5.73 Å². The van der Waals surface area contributed by atoms with Crippen LogP contribution in [0.3, 0.4) is 0 Å². The summed E-state index contributed by atoms with van der Waals surface area (Å²) in [7, 11) is 1.57. The van der Waals surface area contributed by atoms with Gasteiger partial charge in [0.15, 0.2) is 0 Å². The molecule has 0 aromatic carbocycles. The van der Waals surface area contributed by atoms with E-state index in [1.807, 2.05) is 6.92 Å². The molecule has 11 heavy (non-hydrogen) atoms. The Kier molecular flexibility index (Phi) is 11.1. The Balaban J connectivity index is 0. The fraction of sp³-hybridized carbons (Fsp3) is 0.857. The van der Waals surface area contributed by atoms with Crippen LogP contribution >= 0.6 is 0 Å². The van der Waals surface area contributed by atoms with Crippen LogP contribution in [0.4, 0.5) is 0 Å². The smallest absolute Gasteiger partial charge is 0.303 e. The summed E-state index contributed by atoms with van der Waals surface area (Å²) >= 11 is 0. The number of hydrogen-bond acceptors (Lipinski definition) is 3. The molecule has 0 aromatic rings. The van der Waals surface area contributed by atoms with Gasteiger partial charge in [0.2, 0.25) is 0 Å². The molecule has 0 heterocycles. The molecule has 3 N–H and O–H groups in total. The van der Waals surface area contributed by atoms with Gasteiger partial charge in [0.25, 0.3) is 0 Å². The van der Waals surface area contributed by atoms with E-state index >= 15 is 0 Å². The number of carbonyl (C=O) groups is 1. The maximum absolute atomic E-state index is 9.60. The maximum atomic E-state index is 9.60. The molecule has 1 unspecified atom stereocenters. The second-order valence-corrected chi connectivity index (χ2v) is 2.08. The summed E-state index contributed by atoms with van der Waals surface area (Å²) in [6.07, 6.45) is 0.907. The average Bonchev–Trinajstić information content (AvgIpc) is 1.89. The topological polar surface area (TPSA) is 72.5 Å². The molecule has 68 valence electrons. The third kappa shape index (κ3) is 26.6. The molecule has 0 aliphatic heterocycles. The van der Waals surface area contributed by atoms with Gasteiger partial charge in [-0.3, -0.25) is 4.79 Å². The van der Waals surface area contributed by atoms with E-state index in [1.54, 1.807) is 14.0 Å². The second-order valence-electron chi connectivity index (χ2n) is 2.08. The van der Waals surface area contributed by atoms with Crippen LogP contribution in [-0.4, -0.2) is 24.4 Å². The summed E-state index contributed by atoms with van der Waals surface area (Å²) in [4.78, 5) is 9.60. The molecule has 0 aromatic heterocycles. The molecule has 0 saturated heterocycles. The van der Waals surface area contributed by atoms with Crippen molar-refractivity contribution in [1.82, 2.24) is 0 Å². The summed E-state index contributed by atoms with van der Waals surface area (Å²) < 4.78 is 4.53. The van der Waals surface area contributed by atoms with Crippen LogP contribution in [0.1, 0.15) is 26.7 Å². The van der Waals surface area contributed by atoms with Crippen molar-refractivity contribution >= 4 is 5.97 Å². The van der Waals surface area contributed by atoms with Gasteiger partial charge >= 0.3 is 5.97 Å². The predicted molar refractivity (Wildman–Crippen MR) is 43.2 cm³/mol. The van der Waals surface area contributed by atoms with Crippen molar-refractivity contribution < 1.29 is 14.6 Å². The lowest BCUT2D eigenvalue weighted by molar-refractivity contribution is -0.137. The zero-order valence-electron chi connectivity index (χ0n) is 7.33. The van der Waals surface area contributed by atoms with E-state index in [4.69, 9.17) is 10.8 Å². The molecular formula is C7H17NO3. The SMILES string of the molecule is CCCC(=O)O.COC(C)N. The van der Waals surface area contributed by atoms with E-state index < -0.39 is 5.97 Å². The lowest BCUT2D eigenvalue weighted by Crippen LogP contribution is -2.15. The van der Waals surface area contributed by atoms with E-state index in [1.165, 1.54) is 0 Å². The molecule has 0 spiro atoms. The molecule has 0 aliphatic rings. The molecule has 4 nitrogen and oxygen atoms in total. The Hall–Kier alpha value is -0.610. The van der Waals surface area contributed by atoms with Crippen LogP contribution in [0.5, 0.6) is 0 Å². The number of carboxylic acids is 1. The first-order valence-corrected chi connectivity index (χ1v) is 3.54. The summed E-state index contributed by atoms with van der Waals surface area (Å²) in [5, 5.41) is 7.91. The first-order chi connectivity index (χ1) is 5.04. The second kappa shape index (κ2) is 9.39. The van der Waals surface area contributed by atoms with Crippen molar-refractivity contribution in [2.75, 3.05) is 7.11 Å². The zero-order valence-corrected chi connectivity index (χ0v) is 7.33. The van der Waals surface area contributed by atoms with E-state index in [0.717, 1.165) is 6.42 Å². The van der Waals surface area contributed by atoms with Crippen LogP contribution in [0.25, 0.3) is 0 Å². The van der Waals surface area contributed by atoms with E-state index in [0.29, 0.717) is 6.42 Å². The molecule has 0 saturated carbocycles. The summed E-state index contributed by atoms with van der Waals surface area (Å²) in [6, 6.07) is 0. The largest absolute Gasteiger partial charge is 0.481 e. The minimum Gasteiger partial charge on any atom is -0.481 e. The van der Waals surface area contributed by atoms with Crippen molar-refractivity contribution in [2.45, 2.75) is 32.9 Å². The van der Waals surface area contributed by atoms with Crippen molar-refractivity contribution in [3.8, 4) is 0 Å². The van der Waals surface area contributed by atoms with Crippen molar-refractivity contribution in [2.24, 2.45) is 5.73 Å². The van der Waals surface area contributed by atoms with E-state index in [9.17, 15) is 4.79 Å². The highest BCUT2D eigenvalue weighted by Gasteiger charge is 1.87. The number of methoxy groups -OCH3 is 1. The first kappa shape index (κ1) is 13.0. The Morgan fingerprint density at radius 3 is 2.09 bits per heavy atom. The van der Waals surface area contributed by atoms with Gasteiger partial charge in [-0.2, -0.15) is 0 Å². The van der Waals surface area contributed by atoms with Gasteiger partial charge in [0.05, 0.1) is 0 Å². The minimum atomic E-state index is -0.711.